The summed E-state index contributed by atoms with van der Waals surface area (Å²) >= 11 is 3.42. The topological polar surface area (TPSA) is 3.01 Å². The lowest BCUT2D eigenvalue weighted by Gasteiger charge is -1.97. The van der Waals surface area contributed by atoms with Crippen molar-refractivity contribution in [2.75, 3.05) is 6.54 Å². The first kappa shape index (κ1) is 9.41. The highest BCUT2D eigenvalue weighted by molar-refractivity contribution is 9.10. The van der Waals surface area contributed by atoms with Crippen molar-refractivity contribution in [3.63, 3.8) is 0 Å². The zero-order valence-corrected chi connectivity index (χ0v) is 9.31. The van der Waals surface area contributed by atoms with Gasteiger partial charge in [0, 0.05) is 16.1 Å². The van der Waals surface area contributed by atoms with Gasteiger partial charge in [0.2, 0.25) is 0 Å². The van der Waals surface area contributed by atoms with Crippen LogP contribution in [-0.4, -0.2) is 17.3 Å². The van der Waals surface area contributed by atoms with Gasteiger partial charge in [-0.2, -0.15) is 0 Å². The second-order valence-electron chi connectivity index (χ2n) is 3.15. The van der Waals surface area contributed by atoms with Gasteiger partial charge >= 0.3 is 0 Å². The van der Waals surface area contributed by atoms with Crippen LogP contribution in [0.15, 0.2) is 53.2 Å². The zero-order valence-electron chi connectivity index (χ0n) is 7.73. The molecule has 0 radical (unpaired) electrons. The maximum absolute atomic E-state index is 3.42. The standard InChI is InChI=1S/C12H11BrN/c13-12-6-4-11(5-7-12)10-14-8-2-1-3-9-14/h1-8,10H,9H2/q+1. The first-order chi connectivity index (χ1) is 6.84. The van der Waals surface area contributed by atoms with Crippen molar-refractivity contribution in [2.24, 2.45) is 0 Å². The summed E-state index contributed by atoms with van der Waals surface area (Å²) in [6.07, 6.45) is 10.4. The Morgan fingerprint density at radius 1 is 1.14 bits per heavy atom. The fourth-order valence-corrected chi connectivity index (χ4v) is 1.58. The molecule has 0 amide bonds. The van der Waals surface area contributed by atoms with Crippen LogP contribution in [0.1, 0.15) is 5.56 Å². The Kier molecular flexibility index (Phi) is 2.94. The predicted molar refractivity (Wildman–Crippen MR) is 62.7 cm³/mol. The third-order valence-electron chi connectivity index (χ3n) is 2.03. The average Bonchev–Trinajstić information content (AvgIpc) is 2.23. The number of hydrogen-bond donors (Lipinski definition) is 0. The SMILES string of the molecule is Brc1ccc(C=[N+]2C=CC=CC2)cc1. The molecule has 1 aromatic carbocycles. The maximum atomic E-state index is 3.42. The van der Waals surface area contributed by atoms with Crippen LogP contribution in [0.3, 0.4) is 0 Å². The third-order valence-corrected chi connectivity index (χ3v) is 2.55. The van der Waals surface area contributed by atoms with Crippen molar-refractivity contribution in [2.45, 2.75) is 0 Å². The van der Waals surface area contributed by atoms with E-state index in [-0.39, 0.29) is 0 Å². The van der Waals surface area contributed by atoms with Crippen LogP contribution in [0, 0.1) is 0 Å². The molecule has 1 aliphatic heterocycles. The lowest BCUT2D eigenvalue weighted by atomic mass is 10.2. The summed E-state index contributed by atoms with van der Waals surface area (Å²) in [7, 11) is 0. The average molecular weight is 249 g/mol. The fourth-order valence-electron chi connectivity index (χ4n) is 1.32. The van der Waals surface area contributed by atoms with Crippen molar-refractivity contribution in [1.29, 1.82) is 0 Å². The van der Waals surface area contributed by atoms with E-state index in [1.54, 1.807) is 0 Å². The molecule has 0 atom stereocenters. The molecular formula is C12H11BrN+. The molecule has 1 aromatic rings. The van der Waals surface area contributed by atoms with Gasteiger partial charge in [-0.15, -0.1) is 0 Å². The highest BCUT2D eigenvalue weighted by Gasteiger charge is 2.00. The minimum Gasteiger partial charge on any atom is -0.201 e. The van der Waals surface area contributed by atoms with E-state index in [4.69, 9.17) is 0 Å². The summed E-state index contributed by atoms with van der Waals surface area (Å²) < 4.78 is 3.27. The van der Waals surface area contributed by atoms with Crippen molar-refractivity contribution in [1.82, 2.24) is 0 Å². The Morgan fingerprint density at radius 3 is 2.57 bits per heavy atom. The van der Waals surface area contributed by atoms with Crippen molar-refractivity contribution in [3.05, 3.63) is 58.7 Å². The number of nitrogens with zero attached hydrogens (tertiary/aromatic N) is 1. The zero-order chi connectivity index (χ0) is 9.80. The second-order valence-corrected chi connectivity index (χ2v) is 4.06. The van der Waals surface area contributed by atoms with Gasteiger partial charge in [0.1, 0.15) is 0 Å². The van der Waals surface area contributed by atoms with Crippen LogP contribution in [0.25, 0.3) is 0 Å². The van der Waals surface area contributed by atoms with Crippen LogP contribution in [0.2, 0.25) is 0 Å². The molecule has 1 heterocycles. The summed E-state index contributed by atoms with van der Waals surface area (Å²) in [5.74, 6) is 0. The molecule has 0 saturated heterocycles. The lowest BCUT2D eigenvalue weighted by molar-refractivity contribution is -0.440. The van der Waals surface area contributed by atoms with Crippen molar-refractivity contribution in [3.8, 4) is 0 Å². The molecule has 0 aromatic heterocycles. The maximum Gasteiger partial charge on any atom is 0.176 e. The number of allylic oxidation sites excluding steroid dienone is 2. The molecule has 0 aliphatic carbocycles. The molecule has 2 heteroatoms. The van der Waals surface area contributed by atoms with Crippen LogP contribution < -0.4 is 0 Å². The Bertz CT molecular complexity index is 399. The summed E-state index contributed by atoms with van der Waals surface area (Å²) in [5, 5.41) is 0. The Morgan fingerprint density at radius 2 is 1.93 bits per heavy atom. The van der Waals surface area contributed by atoms with Crippen molar-refractivity contribution >= 4 is 22.1 Å². The minimum atomic E-state index is 0.951. The first-order valence-corrected chi connectivity index (χ1v) is 5.33. The molecule has 14 heavy (non-hydrogen) atoms. The number of rotatable bonds is 1. The number of halogens is 1. The Balaban J connectivity index is 2.21. The first-order valence-electron chi connectivity index (χ1n) is 4.54. The summed E-state index contributed by atoms with van der Waals surface area (Å²) in [4.78, 5) is 0. The molecule has 0 spiro atoms. The molecule has 70 valence electrons. The van der Waals surface area contributed by atoms with Gasteiger partial charge in [-0.05, 0) is 30.3 Å². The van der Waals surface area contributed by atoms with Gasteiger partial charge in [-0.25, -0.2) is 4.58 Å². The lowest BCUT2D eigenvalue weighted by Crippen LogP contribution is -2.08. The van der Waals surface area contributed by atoms with Crippen LogP contribution in [0.5, 0.6) is 0 Å². The second kappa shape index (κ2) is 4.38. The van der Waals surface area contributed by atoms with E-state index in [9.17, 15) is 0 Å². The Hall–Kier alpha value is -1.15. The molecule has 0 saturated carbocycles. The third kappa shape index (κ3) is 2.42. The quantitative estimate of drug-likeness (QED) is 0.673. The molecule has 0 bridgehead atoms. The van der Waals surface area contributed by atoms with Crippen molar-refractivity contribution < 1.29 is 4.58 Å². The van der Waals surface area contributed by atoms with E-state index >= 15 is 0 Å². The molecule has 1 aliphatic rings. The van der Waals surface area contributed by atoms with Crippen LogP contribution in [0.4, 0.5) is 0 Å². The van der Waals surface area contributed by atoms with Crippen LogP contribution in [-0.2, 0) is 0 Å². The summed E-state index contributed by atoms with van der Waals surface area (Å²) in [5.41, 5.74) is 1.22. The molecule has 1 nitrogen and oxygen atoms in total. The highest BCUT2D eigenvalue weighted by atomic mass is 79.9. The number of benzene rings is 1. The van der Waals surface area contributed by atoms with Gasteiger partial charge in [-0.3, -0.25) is 0 Å². The van der Waals surface area contributed by atoms with E-state index in [0.29, 0.717) is 0 Å². The summed E-state index contributed by atoms with van der Waals surface area (Å²) in [6, 6.07) is 8.29. The van der Waals surface area contributed by atoms with Gasteiger partial charge < -0.3 is 0 Å². The normalized spacial score (nSPS) is 17.6. The van der Waals surface area contributed by atoms with E-state index in [1.807, 2.05) is 6.08 Å². The highest BCUT2D eigenvalue weighted by Crippen LogP contribution is 2.09. The van der Waals surface area contributed by atoms with E-state index in [0.717, 1.165) is 11.0 Å². The van der Waals surface area contributed by atoms with E-state index < -0.39 is 0 Å². The predicted octanol–water partition coefficient (Wildman–Crippen LogP) is 2.96. The van der Waals surface area contributed by atoms with E-state index in [1.165, 1.54) is 5.56 Å². The fraction of sp³-hybridized carbons (Fsp3) is 0.0833. The monoisotopic (exact) mass is 248 g/mol. The Labute approximate surface area is 92.2 Å². The van der Waals surface area contributed by atoms with Gasteiger partial charge in [0.25, 0.3) is 0 Å². The van der Waals surface area contributed by atoms with Gasteiger partial charge in [0.05, 0.1) is 0 Å². The molecule has 0 N–H and O–H groups in total. The van der Waals surface area contributed by atoms with Gasteiger partial charge in [0.15, 0.2) is 19.0 Å². The van der Waals surface area contributed by atoms with E-state index in [2.05, 4.69) is 69.3 Å². The van der Waals surface area contributed by atoms with Crippen LogP contribution >= 0.6 is 15.9 Å². The largest absolute Gasteiger partial charge is 0.201 e. The molecule has 0 unspecified atom stereocenters. The molecular weight excluding hydrogens is 238 g/mol. The van der Waals surface area contributed by atoms with Gasteiger partial charge in [-0.1, -0.05) is 22.0 Å². The summed E-state index contributed by atoms with van der Waals surface area (Å²) in [6.45, 7) is 0.951. The number of hydrogen-bond acceptors (Lipinski definition) is 0. The smallest absolute Gasteiger partial charge is 0.176 e. The minimum absolute atomic E-state index is 0.951. The molecule has 2 rings (SSSR count). The molecule has 0 fully saturated rings.